The van der Waals surface area contributed by atoms with Crippen LogP contribution in [0.15, 0.2) is 304 Å². The highest BCUT2D eigenvalue weighted by Crippen LogP contribution is 2.66. The topological polar surface area (TPSA) is 51.6 Å². The van der Waals surface area contributed by atoms with E-state index in [0.29, 0.717) is 0 Å². The van der Waals surface area contributed by atoms with Gasteiger partial charge < -0.3 is 0 Å². The maximum atomic E-state index is 5.14. The summed E-state index contributed by atoms with van der Waals surface area (Å²) in [6.07, 6.45) is 7.74. The molecule has 4 aliphatic rings. The van der Waals surface area contributed by atoms with Crippen molar-refractivity contribution in [3.63, 3.8) is 0 Å². The van der Waals surface area contributed by atoms with Crippen molar-refractivity contribution in [3.8, 4) is 101 Å². The van der Waals surface area contributed by atoms with Crippen LogP contribution < -0.4 is 0 Å². The molecule has 414 valence electrons. The molecule has 0 fully saturated rings. The Morgan fingerprint density at radius 2 is 0.667 bits per heavy atom. The van der Waals surface area contributed by atoms with Crippen molar-refractivity contribution in [2.24, 2.45) is 0 Å². The molecule has 0 saturated heterocycles. The highest BCUT2D eigenvalue weighted by atomic mass is 14.8. The summed E-state index contributed by atoms with van der Waals surface area (Å²) in [7, 11) is 0. The third kappa shape index (κ3) is 6.63. The van der Waals surface area contributed by atoms with Gasteiger partial charge in [0.1, 0.15) is 0 Å². The maximum absolute atomic E-state index is 5.14. The third-order valence-corrected chi connectivity index (χ3v) is 20.5. The van der Waals surface area contributed by atoms with Crippen LogP contribution in [0.25, 0.3) is 144 Å². The molecule has 4 heteroatoms. The second kappa shape index (κ2) is 18.4. The van der Waals surface area contributed by atoms with Crippen LogP contribution in [0.3, 0.4) is 0 Å². The van der Waals surface area contributed by atoms with Crippen LogP contribution in [0.4, 0.5) is 0 Å². The lowest BCUT2D eigenvalue weighted by Crippen LogP contribution is -2.25. The van der Waals surface area contributed by atoms with Crippen molar-refractivity contribution >= 4 is 43.1 Å². The van der Waals surface area contributed by atoms with Crippen LogP contribution in [-0.4, -0.2) is 19.9 Å². The molecule has 4 aromatic heterocycles. The summed E-state index contributed by atoms with van der Waals surface area (Å²) in [6.45, 7) is 0. The summed E-state index contributed by atoms with van der Waals surface area (Å²) in [5, 5.41) is 9.81. The molecular weight excluding hydrogens is 1090 g/mol. The molecule has 4 aliphatic carbocycles. The Labute approximate surface area is 519 Å². The number of fused-ring (bicyclic) bond motifs is 26. The van der Waals surface area contributed by atoms with E-state index in [4.69, 9.17) is 15.0 Å². The average molecular weight is 1140 g/mol. The Morgan fingerprint density at radius 3 is 1.26 bits per heavy atom. The van der Waals surface area contributed by atoms with E-state index in [1.807, 2.05) is 43.0 Å². The van der Waals surface area contributed by atoms with Gasteiger partial charge in [0.05, 0.1) is 33.6 Å². The molecule has 4 nitrogen and oxygen atoms in total. The van der Waals surface area contributed by atoms with Gasteiger partial charge in [-0.2, -0.15) is 0 Å². The fraction of sp³-hybridized carbons (Fsp3) is 0.0233. The first kappa shape index (κ1) is 49.4. The first-order valence-electron chi connectivity index (χ1n) is 31.1. The monoisotopic (exact) mass is 1140 g/mol. The molecule has 16 aromatic rings. The van der Waals surface area contributed by atoms with Gasteiger partial charge in [-0.05, 0) is 227 Å². The zero-order valence-corrected chi connectivity index (χ0v) is 48.7. The number of hydrogen-bond donors (Lipinski definition) is 0. The zero-order valence-electron chi connectivity index (χ0n) is 48.7. The van der Waals surface area contributed by atoms with Crippen LogP contribution in [0.2, 0.25) is 0 Å². The Balaban J connectivity index is 0.663. The van der Waals surface area contributed by atoms with Gasteiger partial charge in [0, 0.05) is 35.9 Å². The highest BCUT2D eigenvalue weighted by Gasteiger charge is 2.54. The molecule has 90 heavy (non-hydrogen) atoms. The Kier molecular flexibility index (Phi) is 10.1. The van der Waals surface area contributed by atoms with E-state index >= 15 is 0 Å². The molecule has 0 unspecified atom stereocenters. The maximum Gasteiger partial charge on any atom is 0.0892 e. The van der Waals surface area contributed by atoms with E-state index < -0.39 is 10.8 Å². The fourth-order valence-corrected chi connectivity index (χ4v) is 16.7. The smallest absolute Gasteiger partial charge is 0.0892 e. The van der Waals surface area contributed by atoms with Gasteiger partial charge in [-0.25, -0.2) is 0 Å². The van der Waals surface area contributed by atoms with Gasteiger partial charge in [-0.1, -0.05) is 206 Å². The lowest BCUT2D eigenvalue weighted by molar-refractivity contribution is 0.795. The minimum atomic E-state index is -0.516. The molecule has 2 spiro atoms. The van der Waals surface area contributed by atoms with Crippen LogP contribution in [0.5, 0.6) is 0 Å². The molecule has 4 heterocycles. The second-order valence-electron chi connectivity index (χ2n) is 24.7. The average Bonchev–Trinajstić information content (AvgIpc) is 1.51. The van der Waals surface area contributed by atoms with E-state index in [0.717, 1.165) is 56.2 Å². The van der Waals surface area contributed by atoms with Gasteiger partial charge in [0.2, 0.25) is 0 Å². The molecule has 12 aromatic carbocycles. The quantitative estimate of drug-likeness (QED) is 0.172. The van der Waals surface area contributed by atoms with Gasteiger partial charge in [0.25, 0.3) is 0 Å². The van der Waals surface area contributed by atoms with E-state index in [1.54, 1.807) is 0 Å². The van der Waals surface area contributed by atoms with Crippen LogP contribution >= 0.6 is 0 Å². The SMILES string of the molecule is c1ccc(-c2cc(-c3ccc4cc5c(cc4c3)C3(c4ccccc4-c4ccccc43)c3ccc4c(-c6ccc(-c7ccc(-c8ccc9cc%10c(cc9c8)C8(c9ccccc9-c9ccccc98)c8ccc9ccccc9c8-%10)cn7)nc6)cccc4c3-5)ccn2)nc1. The van der Waals surface area contributed by atoms with Crippen molar-refractivity contribution in [2.75, 3.05) is 0 Å². The summed E-state index contributed by atoms with van der Waals surface area (Å²) in [5.41, 5.74) is 30.1. The summed E-state index contributed by atoms with van der Waals surface area (Å²) >= 11 is 0. The minimum absolute atomic E-state index is 0.436. The lowest BCUT2D eigenvalue weighted by Gasteiger charge is -2.30. The molecule has 0 bridgehead atoms. The Hall–Kier alpha value is -11.7. The van der Waals surface area contributed by atoms with Crippen molar-refractivity contribution in [1.82, 2.24) is 19.9 Å². The molecule has 0 N–H and O–H groups in total. The fourth-order valence-electron chi connectivity index (χ4n) is 16.7. The number of benzene rings is 12. The normalized spacial score (nSPS) is 13.7. The van der Waals surface area contributed by atoms with Gasteiger partial charge >= 0.3 is 0 Å². The first-order valence-corrected chi connectivity index (χ1v) is 31.1. The predicted octanol–water partition coefficient (Wildman–Crippen LogP) is 20.9. The van der Waals surface area contributed by atoms with Crippen molar-refractivity contribution in [3.05, 3.63) is 348 Å². The Bertz CT molecular complexity index is 5690. The molecule has 20 rings (SSSR count). The van der Waals surface area contributed by atoms with Crippen molar-refractivity contribution in [2.45, 2.75) is 10.8 Å². The molecule has 0 radical (unpaired) electrons. The number of nitrogens with zero attached hydrogens (tertiary/aromatic N) is 4. The standard InChI is InChI=1S/C86H50N4/c1-2-15-62-51(14-1)31-35-75-83(62)69-44-55-30-28-53(43-60(55)47-77(69)85(75)71-22-7-3-16-64(71)65-17-4-8-23-72(65)85)57-32-37-80(89-49-57)81-38-33-58(50-90-81)61-20-13-21-68-63(61)34-36-76-84(68)70-45-54-29-27-52(56-39-41-88-82(48-56)79-26-11-12-40-87-79)42-59(54)46-78(70)86(76)73-24-9-5-18-66(73)67-19-6-10-25-74(67)86/h1-50H. The minimum Gasteiger partial charge on any atom is -0.255 e. The van der Waals surface area contributed by atoms with E-state index in [-0.39, 0.29) is 0 Å². The van der Waals surface area contributed by atoms with Crippen LogP contribution in [0, 0.1) is 0 Å². The number of pyridine rings is 4. The predicted molar refractivity (Wildman–Crippen MR) is 367 cm³/mol. The summed E-state index contributed by atoms with van der Waals surface area (Å²) in [4.78, 5) is 19.5. The van der Waals surface area contributed by atoms with E-state index in [9.17, 15) is 0 Å². The number of hydrogen-bond acceptors (Lipinski definition) is 4. The molecule has 0 saturated carbocycles. The highest BCUT2D eigenvalue weighted by molar-refractivity contribution is 6.13. The summed E-state index contributed by atoms with van der Waals surface area (Å²) < 4.78 is 0. The van der Waals surface area contributed by atoms with Gasteiger partial charge in [-0.3, -0.25) is 19.9 Å². The van der Waals surface area contributed by atoms with Gasteiger partial charge in [0.15, 0.2) is 0 Å². The first-order chi connectivity index (χ1) is 44.6. The zero-order chi connectivity index (χ0) is 58.8. The molecule has 0 aliphatic heterocycles. The van der Waals surface area contributed by atoms with E-state index in [1.165, 1.54) is 132 Å². The lowest BCUT2D eigenvalue weighted by atomic mass is 9.70. The molecule has 0 atom stereocenters. The number of rotatable bonds is 5. The largest absolute Gasteiger partial charge is 0.255 e. The summed E-state index contributed by atoms with van der Waals surface area (Å²) in [6, 6.07) is 104. The van der Waals surface area contributed by atoms with Crippen molar-refractivity contribution in [1.29, 1.82) is 0 Å². The molecule has 0 amide bonds. The van der Waals surface area contributed by atoms with Crippen molar-refractivity contribution < 1.29 is 0 Å². The molecular formula is C86H50N4. The van der Waals surface area contributed by atoms with Gasteiger partial charge in [-0.15, -0.1) is 0 Å². The van der Waals surface area contributed by atoms with Crippen LogP contribution in [0.1, 0.15) is 44.5 Å². The van der Waals surface area contributed by atoms with E-state index in [2.05, 4.69) is 266 Å². The Morgan fingerprint density at radius 1 is 0.200 bits per heavy atom. The summed E-state index contributed by atoms with van der Waals surface area (Å²) in [5.74, 6) is 0. The second-order valence-corrected chi connectivity index (χ2v) is 24.7. The van der Waals surface area contributed by atoms with Crippen LogP contribution in [-0.2, 0) is 10.8 Å². The third-order valence-electron chi connectivity index (χ3n) is 20.5. The number of aromatic nitrogens is 4.